The number of morpholine rings is 1. The van der Waals surface area contributed by atoms with Gasteiger partial charge in [-0.3, -0.25) is 4.90 Å². The zero-order valence-corrected chi connectivity index (χ0v) is 19.8. The highest BCUT2D eigenvalue weighted by Gasteiger charge is 2.29. The van der Waals surface area contributed by atoms with Crippen LogP contribution in [0.15, 0.2) is 24.3 Å². The van der Waals surface area contributed by atoms with Gasteiger partial charge in [0.05, 0.1) is 24.9 Å². The molecule has 2 aliphatic heterocycles. The van der Waals surface area contributed by atoms with E-state index in [0.717, 1.165) is 80.7 Å². The Hall–Kier alpha value is -2.71. The zero-order chi connectivity index (χ0) is 22.9. The Labute approximate surface area is 195 Å². The number of amides is 2. The van der Waals surface area contributed by atoms with Crippen molar-refractivity contribution in [2.45, 2.75) is 64.7 Å². The number of fused-ring (bicyclic) bond motifs is 1. The zero-order valence-electron chi connectivity index (χ0n) is 19.8. The fourth-order valence-corrected chi connectivity index (χ4v) is 4.56. The third kappa shape index (κ3) is 4.96. The highest BCUT2D eigenvalue weighted by Crippen LogP contribution is 2.32. The Morgan fingerprint density at radius 3 is 2.64 bits per heavy atom. The molecule has 2 aromatic rings. The molecule has 1 aromatic carbocycles. The largest absolute Gasteiger partial charge is 0.377 e. The quantitative estimate of drug-likeness (QED) is 0.726. The highest BCUT2D eigenvalue weighted by atomic mass is 16.5. The average Bonchev–Trinajstić information content (AvgIpc) is 3.62. The van der Waals surface area contributed by atoms with Gasteiger partial charge in [0, 0.05) is 48.5 Å². The summed E-state index contributed by atoms with van der Waals surface area (Å²) in [6, 6.07) is 8.77. The van der Waals surface area contributed by atoms with Gasteiger partial charge < -0.3 is 20.3 Å². The summed E-state index contributed by atoms with van der Waals surface area (Å²) in [6.45, 7) is 10.8. The Morgan fingerprint density at radius 1 is 1.15 bits per heavy atom. The number of hydrogen-bond acceptors (Lipinski definition) is 6. The number of benzene rings is 1. The summed E-state index contributed by atoms with van der Waals surface area (Å²) in [5.74, 6) is 1.79. The molecule has 3 heterocycles. The average molecular weight is 451 g/mol. The van der Waals surface area contributed by atoms with Gasteiger partial charge in [-0.15, -0.1) is 0 Å². The summed E-state index contributed by atoms with van der Waals surface area (Å²) in [5.41, 5.74) is 4.12. The molecule has 176 valence electrons. The highest BCUT2D eigenvalue weighted by molar-refractivity contribution is 5.89. The molecule has 3 aliphatic rings. The lowest BCUT2D eigenvalue weighted by molar-refractivity contribution is 0.0983. The number of carbonyl (C=O) groups excluding carboxylic acids is 1. The predicted octanol–water partition coefficient (Wildman–Crippen LogP) is 3.42. The lowest BCUT2D eigenvalue weighted by Crippen LogP contribution is -2.45. The van der Waals surface area contributed by atoms with E-state index >= 15 is 0 Å². The topological polar surface area (TPSA) is 82.6 Å². The van der Waals surface area contributed by atoms with Crippen molar-refractivity contribution in [1.29, 1.82) is 0 Å². The molecule has 8 heteroatoms. The van der Waals surface area contributed by atoms with Gasteiger partial charge in [-0.25, -0.2) is 14.8 Å². The number of carbonyl (C=O) groups is 1. The van der Waals surface area contributed by atoms with Gasteiger partial charge in [0.15, 0.2) is 5.82 Å². The van der Waals surface area contributed by atoms with E-state index in [1.54, 1.807) is 0 Å². The van der Waals surface area contributed by atoms with Crippen LogP contribution >= 0.6 is 0 Å². The molecular formula is C25H34N6O2. The van der Waals surface area contributed by atoms with Crippen molar-refractivity contribution in [3.05, 3.63) is 35.5 Å². The van der Waals surface area contributed by atoms with Crippen LogP contribution in [0, 0.1) is 0 Å². The van der Waals surface area contributed by atoms with Crippen molar-refractivity contribution in [3.63, 3.8) is 0 Å². The first-order valence-corrected chi connectivity index (χ1v) is 12.1. The van der Waals surface area contributed by atoms with E-state index in [4.69, 9.17) is 14.7 Å². The second-order valence-corrected chi connectivity index (χ2v) is 9.68. The van der Waals surface area contributed by atoms with Gasteiger partial charge in [0.25, 0.3) is 0 Å². The van der Waals surface area contributed by atoms with E-state index in [1.807, 2.05) is 24.3 Å². The Balaban J connectivity index is 1.44. The molecule has 8 nitrogen and oxygen atoms in total. The number of anilines is 2. The number of hydrogen-bond donors (Lipinski definition) is 2. The maximum atomic E-state index is 12.0. The molecule has 2 N–H and O–H groups in total. The lowest BCUT2D eigenvalue weighted by Gasteiger charge is -2.38. The minimum Gasteiger partial charge on any atom is -0.377 e. The molecule has 2 amide bonds. The van der Waals surface area contributed by atoms with Crippen LogP contribution in [-0.2, 0) is 17.7 Å². The lowest BCUT2D eigenvalue weighted by atomic mass is 10.0. The van der Waals surface area contributed by atoms with Crippen LogP contribution in [-0.4, -0.2) is 65.3 Å². The van der Waals surface area contributed by atoms with Gasteiger partial charge in [-0.2, -0.15) is 0 Å². The van der Waals surface area contributed by atoms with Gasteiger partial charge in [0.2, 0.25) is 0 Å². The molecule has 1 atom stereocenters. The normalized spacial score (nSPS) is 21.1. The maximum absolute atomic E-state index is 12.0. The van der Waals surface area contributed by atoms with Crippen LogP contribution in [0.5, 0.6) is 0 Å². The molecular weight excluding hydrogens is 416 g/mol. The number of ether oxygens (including phenoxy) is 1. The van der Waals surface area contributed by atoms with E-state index in [9.17, 15) is 4.79 Å². The minimum atomic E-state index is -0.146. The number of urea groups is 1. The van der Waals surface area contributed by atoms with Crippen LogP contribution in [0.2, 0.25) is 0 Å². The fourth-order valence-electron chi connectivity index (χ4n) is 4.56. The van der Waals surface area contributed by atoms with Gasteiger partial charge in [-0.05, 0) is 64.3 Å². The van der Waals surface area contributed by atoms with Crippen LogP contribution in [0.4, 0.5) is 16.3 Å². The van der Waals surface area contributed by atoms with E-state index < -0.39 is 0 Å². The first-order chi connectivity index (χ1) is 16.0. The molecule has 2 fully saturated rings. The summed E-state index contributed by atoms with van der Waals surface area (Å²) in [5, 5.41) is 5.86. The van der Waals surface area contributed by atoms with Crippen molar-refractivity contribution in [3.8, 4) is 11.4 Å². The van der Waals surface area contributed by atoms with E-state index in [0.29, 0.717) is 12.1 Å². The van der Waals surface area contributed by atoms with E-state index in [1.165, 1.54) is 5.56 Å². The summed E-state index contributed by atoms with van der Waals surface area (Å²) in [7, 11) is 0. The van der Waals surface area contributed by atoms with Crippen molar-refractivity contribution in [2.75, 3.05) is 36.5 Å². The van der Waals surface area contributed by atoms with Crippen LogP contribution in [0.1, 0.15) is 44.9 Å². The molecule has 0 radical (unpaired) electrons. The number of aromatic nitrogens is 2. The second-order valence-electron chi connectivity index (χ2n) is 9.68. The second kappa shape index (κ2) is 9.27. The van der Waals surface area contributed by atoms with E-state index in [-0.39, 0.29) is 12.1 Å². The summed E-state index contributed by atoms with van der Waals surface area (Å²) in [6.07, 6.45) is 3.10. The fraction of sp³-hybridized carbons (Fsp3) is 0.560. The van der Waals surface area contributed by atoms with Crippen molar-refractivity contribution < 1.29 is 9.53 Å². The number of nitrogens with zero attached hydrogens (tertiary/aromatic N) is 4. The van der Waals surface area contributed by atoms with Crippen molar-refractivity contribution >= 4 is 17.5 Å². The maximum Gasteiger partial charge on any atom is 0.319 e. The molecule has 1 saturated heterocycles. The monoisotopic (exact) mass is 450 g/mol. The molecule has 1 saturated carbocycles. The van der Waals surface area contributed by atoms with Crippen molar-refractivity contribution in [2.24, 2.45) is 0 Å². The van der Waals surface area contributed by atoms with Crippen LogP contribution < -0.4 is 15.5 Å². The SMILES string of the molecule is CC(C)N1CCc2c(nc(-c3ccc(NC(=O)NC4CC4)cc3)nc2N2CCOCC2C)C1. The standard InChI is InChI=1S/C25H34N6O2/c1-16(2)30-11-10-21-22(14-30)28-23(29-24(21)31-12-13-33-15-17(31)3)18-4-6-19(7-5-18)26-25(32)27-20-8-9-20/h4-7,16-17,20H,8-15H2,1-3H3,(H2,26,27,32). The smallest absolute Gasteiger partial charge is 0.319 e. The molecule has 1 aromatic heterocycles. The first kappa shape index (κ1) is 22.1. The van der Waals surface area contributed by atoms with Crippen LogP contribution in [0.3, 0.4) is 0 Å². The first-order valence-electron chi connectivity index (χ1n) is 12.1. The summed E-state index contributed by atoms with van der Waals surface area (Å²) in [4.78, 5) is 27.0. The summed E-state index contributed by atoms with van der Waals surface area (Å²) >= 11 is 0. The molecule has 0 bridgehead atoms. The Bertz CT molecular complexity index is 1000. The van der Waals surface area contributed by atoms with Gasteiger partial charge in [-0.1, -0.05) is 0 Å². The molecule has 1 aliphatic carbocycles. The Kier molecular flexibility index (Phi) is 6.21. The molecule has 5 rings (SSSR count). The van der Waals surface area contributed by atoms with Crippen LogP contribution in [0.25, 0.3) is 11.4 Å². The third-order valence-corrected chi connectivity index (χ3v) is 6.76. The summed E-state index contributed by atoms with van der Waals surface area (Å²) < 4.78 is 5.68. The third-order valence-electron chi connectivity index (χ3n) is 6.76. The van der Waals surface area contributed by atoms with Gasteiger partial charge in [0.1, 0.15) is 5.82 Å². The minimum absolute atomic E-state index is 0.146. The van der Waals surface area contributed by atoms with E-state index in [2.05, 4.69) is 41.2 Å². The number of rotatable bonds is 5. The molecule has 1 unspecified atom stereocenters. The molecule has 33 heavy (non-hydrogen) atoms. The Morgan fingerprint density at radius 2 is 1.94 bits per heavy atom. The van der Waals surface area contributed by atoms with Gasteiger partial charge >= 0.3 is 6.03 Å². The predicted molar refractivity (Wildman–Crippen MR) is 130 cm³/mol. The molecule has 0 spiro atoms. The van der Waals surface area contributed by atoms with Crippen molar-refractivity contribution in [1.82, 2.24) is 20.2 Å². The number of nitrogens with one attached hydrogen (secondary N) is 2.